The number of hydrogen-bond donors (Lipinski definition) is 2. The Balaban J connectivity index is 2.41. The number of carboxylic acids is 1. The Labute approximate surface area is 107 Å². The minimum Gasteiger partial charge on any atom is -0.480 e. The molecule has 7 heteroatoms. The van der Waals surface area contributed by atoms with Crippen LogP contribution in [-0.2, 0) is 4.79 Å². The van der Waals surface area contributed by atoms with Crippen LogP contribution >= 0.6 is 0 Å². The number of aromatic nitrogens is 2. The molecule has 1 amide bonds. The van der Waals surface area contributed by atoms with Gasteiger partial charge in [-0.3, -0.25) is 18.8 Å². The van der Waals surface area contributed by atoms with Gasteiger partial charge in [-0.2, -0.15) is 0 Å². The molecule has 0 saturated carbocycles. The highest BCUT2D eigenvalue weighted by Crippen LogP contribution is 1.98. The van der Waals surface area contributed by atoms with Crippen LogP contribution in [0.4, 0.5) is 0 Å². The summed E-state index contributed by atoms with van der Waals surface area (Å²) in [5, 5.41) is 10.9. The van der Waals surface area contributed by atoms with Gasteiger partial charge in [0.2, 0.25) is 0 Å². The summed E-state index contributed by atoms with van der Waals surface area (Å²) in [6, 6.07) is 3.90. The maximum Gasteiger partial charge on any atom is 0.325 e. The summed E-state index contributed by atoms with van der Waals surface area (Å²) >= 11 is 0. The third-order valence-electron chi connectivity index (χ3n) is 2.58. The van der Waals surface area contributed by atoms with Gasteiger partial charge < -0.3 is 10.4 Å². The van der Waals surface area contributed by atoms with E-state index in [1.54, 1.807) is 18.2 Å². The minimum absolute atomic E-state index is 0.197. The molecule has 0 spiro atoms. The van der Waals surface area contributed by atoms with Gasteiger partial charge in [-0.15, -0.1) is 0 Å². The lowest BCUT2D eigenvalue weighted by molar-refractivity contribution is -0.138. The third-order valence-corrected chi connectivity index (χ3v) is 2.58. The molecular formula is C12H11N3O4. The van der Waals surface area contributed by atoms with E-state index in [9.17, 15) is 14.4 Å². The molecule has 2 aromatic heterocycles. The van der Waals surface area contributed by atoms with Crippen molar-refractivity contribution >= 4 is 17.5 Å². The molecule has 0 bridgehead atoms. The second-order valence-corrected chi connectivity index (χ2v) is 3.94. The van der Waals surface area contributed by atoms with Gasteiger partial charge in [0.25, 0.3) is 11.5 Å². The number of carbonyl (C=O) groups is 2. The first-order valence-corrected chi connectivity index (χ1v) is 5.51. The summed E-state index contributed by atoms with van der Waals surface area (Å²) in [5.41, 5.74) is -0.326. The van der Waals surface area contributed by atoms with Crippen molar-refractivity contribution < 1.29 is 14.7 Å². The van der Waals surface area contributed by atoms with Crippen LogP contribution in [0.25, 0.3) is 5.65 Å². The van der Waals surface area contributed by atoms with E-state index in [0.717, 1.165) is 6.20 Å². The molecule has 0 aromatic carbocycles. The number of fused-ring (bicyclic) bond motifs is 1. The quantitative estimate of drug-likeness (QED) is 0.803. The van der Waals surface area contributed by atoms with Crippen molar-refractivity contribution in [1.82, 2.24) is 14.7 Å². The van der Waals surface area contributed by atoms with Crippen molar-refractivity contribution in [2.75, 3.05) is 0 Å². The Bertz CT molecular complexity index is 707. The minimum atomic E-state index is -1.18. The van der Waals surface area contributed by atoms with Crippen molar-refractivity contribution in [3.8, 4) is 0 Å². The van der Waals surface area contributed by atoms with Gasteiger partial charge in [0.05, 0.1) is 0 Å². The van der Waals surface area contributed by atoms with Crippen molar-refractivity contribution in [2.24, 2.45) is 0 Å². The van der Waals surface area contributed by atoms with Gasteiger partial charge in [0.1, 0.15) is 17.3 Å². The fourth-order valence-corrected chi connectivity index (χ4v) is 1.52. The van der Waals surface area contributed by atoms with E-state index in [1.807, 2.05) is 0 Å². The number of carbonyl (C=O) groups excluding carboxylic acids is 1. The lowest BCUT2D eigenvalue weighted by atomic mass is 10.2. The Morgan fingerprint density at radius 2 is 2.16 bits per heavy atom. The van der Waals surface area contributed by atoms with Crippen LogP contribution in [0.1, 0.15) is 17.3 Å². The number of aliphatic carboxylic acids is 1. The van der Waals surface area contributed by atoms with Crippen LogP contribution < -0.4 is 10.9 Å². The predicted octanol–water partition coefficient (Wildman–Crippen LogP) is -0.103. The second kappa shape index (κ2) is 4.89. The SMILES string of the molecule is C[C@H](NC(=O)c1cnc2ccccn2c1=O)C(=O)O. The average Bonchev–Trinajstić information content (AvgIpc) is 2.39. The highest BCUT2D eigenvalue weighted by Gasteiger charge is 2.18. The first kappa shape index (κ1) is 12.7. The largest absolute Gasteiger partial charge is 0.480 e. The predicted molar refractivity (Wildman–Crippen MR) is 66.0 cm³/mol. The third kappa shape index (κ3) is 2.44. The van der Waals surface area contributed by atoms with Crippen LogP contribution in [0.2, 0.25) is 0 Å². The maximum absolute atomic E-state index is 12.0. The lowest BCUT2D eigenvalue weighted by Crippen LogP contribution is -2.41. The van der Waals surface area contributed by atoms with Crippen LogP contribution in [0, 0.1) is 0 Å². The zero-order valence-electron chi connectivity index (χ0n) is 10.0. The standard InChI is InChI=1S/C12H11N3O4/c1-7(12(18)19)14-10(16)8-6-13-9-4-2-3-5-15(9)11(8)17/h2-7H,1H3,(H,14,16)(H,18,19)/t7-/m0/s1. The molecule has 2 N–H and O–H groups in total. The molecular weight excluding hydrogens is 250 g/mol. The van der Waals surface area contributed by atoms with Crippen LogP contribution in [0.15, 0.2) is 35.4 Å². The van der Waals surface area contributed by atoms with Crippen molar-refractivity contribution in [3.63, 3.8) is 0 Å². The van der Waals surface area contributed by atoms with Crippen LogP contribution in [-0.4, -0.2) is 32.4 Å². The van der Waals surface area contributed by atoms with E-state index >= 15 is 0 Å². The zero-order valence-corrected chi connectivity index (χ0v) is 10.0. The maximum atomic E-state index is 12.0. The smallest absolute Gasteiger partial charge is 0.325 e. The van der Waals surface area contributed by atoms with E-state index < -0.39 is 23.5 Å². The average molecular weight is 261 g/mol. The van der Waals surface area contributed by atoms with E-state index in [2.05, 4.69) is 10.3 Å². The van der Waals surface area contributed by atoms with Gasteiger partial charge >= 0.3 is 5.97 Å². The van der Waals surface area contributed by atoms with E-state index in [-0.39, 0.29) is 5.56 Å². The lowest BCUT2D eigenvalue weighted by Gasteiger charge is -2.09. The molecule has 7 nitrogen and oxygen atoms in total. The van der Waals surface area contributed by atoms with Crippen LogP contribution in [0.3, 0.4) is 0 Å². The molecule has 98 valence electrons. The number of rotatable bonds is 3. The molecule has 0 unspecified atom stereocenters. The molecule has 0 aliphatic heterocycles. The van der Waals surface area contributed by atoms with Gasteiger partial charge in [-0.1, -0.05) is 6.07 Å². The van der Waals surface area contributed by atoms with Gasteiger partial charge in [-0.25, -0.2) is 4.98 Å². The summed E-state index contributed by atoms with van der Waals surface area (Å²) in [4.78, 5) is 38.5. The molecule has 0 aliphatic rings. The Hall–Kier alpha value is -2.70. The molecule has 2 aromatic rings. The topological polar surface area (TPSA) is 101 Å². The molecule has 1 atom stereocenters. The number of hydrogen-bond acceptors (Lipinski definition) is 4. The summed E-state index contributed by atoms with van der Waals surface area (Å²) < 4.78 is 1.22. The molecule has 0 saturated heterocycles. The van der Waals surface area contributed by atoms with Gasteiger partial charge in [0.15, 0.2) is 0 Å². The number of amides is 1. The van der Waals surface area contributed by atoms with Crippen molar-refractivity contribution in [1.29, 1.82) is 0 Å². The number of nitrogens with zero attached hydrogens (tertiary/aromatic N) is 2. The monoisotopic (exact) mass is 261 g/mol. The summed E-state index contributed by atoms with van der Waals surface area (Å²) in [7, 11) is 0. The Morgan fingerprint density at radius 3 is 2.84 bits per heavy atom. The summed E-state index contributed by atoms with van der Waals surface area (Å²) in [6.07, 6.45) is 2.63. The summed E-state index contributed by atoms with van der Waals surface area (Å²) in [5.74, 6) is -1.94. The summed E-state index contributed by atoms with van der Waals surface area (Å²) in [6.45, 7) is 1.31. The molecule has 0 aliphatic carbocycles. The van der Waals surface area contributed by atoms with Crippen molar-refractivity contribution in [3.05, 3.63) is 46.5 Å². The molecule has 2 heterocycles. The fraction of sp³-hybridized carbons (Fsp3) is 0.167. The van der Waals surface area contributed by atoms with E-state index in [0.29, 0.717) is 5.65 Å². The number of pyridine rings is 1. The first-order chi connectivity index (χ1) is 9.00. The van der Waals surface area contributed by atoms with Gasteiger partial charge in [-0.05, 0) is 19.1 Å². The van der Waals surface area contributed by atoms with Gasteiger partial charge in [0, 0.05) is 12.4 Å². The highest BCUT2D eigenvalue weighted by molar-refractivity contribution is 5.96. The fourth-order valence-electron chi connectivity index (χ4n) is 1.52. The molecule has 0 radical (unpaired) electrons. The molecule has 0 fully saturated rings. The van der Waals surface area contributed by atoms with E-state index in [1.165, 1.54) is 17.5 Å². The normalized spacial score (nSPS) is 12.1. The Kier molecular flexibility index (Phi) is 3.28. The number of nitrogens with one attached hydrogen (secondary N) is 1. The van der Waals surface area contributed by atoms with Crippen LogP contribution in [0.5, 0.6) is 0 Å². The highest BCUT2D eigenvalue weighted by atomic mass is 16.4. The number of carboxylic acid groups (broad SMARTS) is 1. The first-order valence-electron chi connectivity index (χ1n) is 5.51. The zero-order chi connectivity index (χ0) is 14.0. The van der Waals surface area contributed by atoms with E-state index in [4.69, 9.17) is 5.11 Å². The second-order valence-electron chi connectivity index (χ2n) is 3.94. The van der Waals surface area contributed by atoms with Crippen molar-refractivity contribution in [2.45, 2.75) is 13.0 Å². The molecule has 19 heavy (non-hydrogen) atoms. The molecule has 2 rings (SSSR count). The Morgan fingerprint density at radius 1 is 1.42 bits per heavy atom.